The van der Waals surface area contributed by atoms with Crippen molar-refractivity contribution in [3.05, 3.63) is 76.6 Å². The topological polar surface area (TPSA) is 80.9 Å². The van der Waals surface area contributed by atoms with E-state index < -0.39 is 0 Å². The lowest BCUT2D eigenvalue weighted by molar-refractivity contribution is 0.236. The SMILES string of the molecule is CC(CO)n1cnc2c(-c3cccnc3)nc(-c3ccc(Cl)cc3)cc2c1=O. The Kier molecular flexibility index (Phi) is 4.90. The van der Waals surface area contributed by atoms with Crippen LogP contribution < -0.4 is 5.56 Å². The first kappa shape index (κ1) is 18.3. The maximum atomic E-state index is 13.1. The Morgan fingerprint density at radius 1 is 1.18 bits per heavy atom. The Hall–Kier alpha value is -3.09. The molecule has 1 aromatic carbocycles. The standard InChI is InChI=1S/C21H17ClN4O2/c1-13(11-27)26-12-24-20-17(21(26)28)9-18(14-4-6-16(22)7-5-14)25-19(20)15-3-2-8-23-10-15/h2-10,12-13,27H,11H2,1H3. The quantitative estimate of drug-likeness (QED) is 0.572. The molecule has 1 N–H and O–H groups in total. The van der Waals surface area contributed by atoms with Crippen LogP contribution in [0.25, 0.3) is 33.4 Å². The Labute approximate surface area is 166 Å². The van der Waals surface area contributed by atoms with Crippen LogP contribution in [0.4, 0.5) is 0 Å². The second-order valence-corrected chi connectivity index (χ2v) is 6.93. The van der Waals surface area contributed by atoms with Gasteiger partial charge in [0, 0.05) is 28.5 Å². The maximum Gasteiger partial charge on any atom is 0.261 e. The summed E-state index contributed by atoms with van der Waals surface area (Å²) in [4.78, 5) is 26.5. The van der Waals surface area contributed by atoms with Crippen LogP contribution in [0.2, 0.25) is 5.02 Å². The number of rotatable bonds is 4. The van der Waals surface area contributed by atoms with Gasteiger partial charge in [0.25, 0.3) is 5.56 Å². The average Bonchev–Trinajstić information content (AvgIpc) is 2.74. The Balaban J connectivity index is 2.04. The molecule has 0 saturated heterocycles. The van der Waals surface area contributed by atoms with Gasteiger partial charge in [-0.2, -0.15) is 0 Å². The molecule has 6 nitrogen and oxygen atoms in total. The molecule has 0 fully saturated rings. The minimum atomic E-state index is -0.376. The predicted molar refractivity (Wildman–Crippen MR) is 109 cm³/mol. The molecule has 140 valence electrons. The number of pyridine rings is 2. The third kappa shape index (κ3) is 3.28. The van der Waals surface area contributed by atoms with Gasteiger partial charge in [0.05, 0.1) is 35.8 Å². The van der Waals surface area contributed by atoms with E-state index in [1.54, 1.807) is 37.5 Å². The molecule has 0 amide bonds. The number of fused-ring (bicyclic) bond motifs is 1. The molecule has 1 atom stereocenters. The van der Waals surface area contributed by atoms with Crippen LogP contribution in [0, 0.1) is 0 Å². The Bertz CT molecular complexity index is 1190. The van der Waals surface area contributed by atoms with Gasteiger partial charge in [0.15, 0.2) is 0 Å². The van der Waals surface area contributed by atoms with Gasteiger partial charge in [-0.1, -0.05) is 23.7 Å². The van der Waals surface area contributed by atoms with Crippen LogP contribution in [0.5, 0.6) is 0 Å². The summed E-state index contributed by atoms with van der Waals surface area (Å²) in [7, 11) is 0. The number of benzene rings is 1. The van der Waals surface area contributed by atoms with Crippen molar-refractivity contribution in [1.29, 1.82) is 0 Å². The molecule has 0 aliphatic carbocycles. The summed E-state index contributed by atoms with van der Waals surface area (Å²) in [5, 5.41) is 10.5. The van der Waals surface area contributed by atoms with E-state index in [2.05, 4.69) is 9.97 Å². The van der Waals surface area contributed by atoms with Crippen LogP contribution in [0.1, 0.15) is 13.0 Å². The first-order valence-electron chi connectivity index (χ1n) is 8.77. The molecule has 0 aliphatic heterocycles. The normalized spacial score (nSPS) is 12.2. The third-order valence-electron chi connectivity index (χ3n) is 4.58. The monoisotopic (exact) mass is 392 g/mol. The third-order valence-corrected chi connectivity index (χ3v) is 4.83. The lowest BCUT2D eigenvalue weighted by Gasteiger charge is -2.14. The van der Waals surface area contributed by atoms with Crippen LogP contribution in [-0.2, 0) is 0 Å². The molecule has 4 rings (SSSR count). The van der Waals surface area contributed by atoms with E-state index in [1.807, 2.05) is 24.3 Å². The second kappa shape index (κ2) is 7.50. The van der Waals surface area contributed by atoms with Crippen molar-refractivity contribution in [3.8, 4) is 22.5 Å². The first-order valence-corrected chi connectivity index (χ1v) is 9.15. The molecule has 0 radical (unpaired) electrons. The lowest BCUT2D eigenvalue weighted by Crippen LogP contribution is -2.25. The van der Waals surface area contributed by atoms with Gasteiger partial charge < -0.3 is 5.11 Å². The van der Waals surface area contributed by atoms with Crippen LogP contribution in [0.3, 0.4) is 0 Å². The van der Waals surface area contributed by atoms with Crippen molar-refractivity contribution >= 4 is 22.5 Å². The summed E-state index contributed by atoms with van der Waals surface area (Å²) >= 11 is 6.00. The largest absolute Gasteiger partial charge is 0.394 e. The van der Waals surface area contributed by atoms with Crippen LogP contribution in [0.15, 0.2) is 66.0 Å². The van der Waals surface area contributed by atoms with Crippen molar-refractivity contribution in [3.63, 3.8) is 0 Å². The molecule has 0 saturated carbocycles. The summed E-state index contributed by atoms with van der Waals surface area (Å²) < 4.78 is 1.43. The minimum Gasteiger partial charge on any atom is -0.394 e. The molecule has 28 heavy (non-hydrogen) atoms. The summed E-state index contributed by atoms with van der Waals surface area (Å²) in [5.74, 6) is 0. The van der Waals surface area contributed by atoms with Crippen LogP contribution in [-0.4, -0.2) is 31.2 Å². The lowest BCUT2D eigenvalue weighted by atomic mass is 10.1. The maximum absolute atomic E-state index is 13.1. The van der Waals surface area contributed by atoms with E-state index in [-0.39, 0.29) is 18.2 Å². The van der Waals surface area contributed by atoms with Crippen molar-refractivity contribution < 1.29 is 5.11 Å². The highest BCUT2D eigenvalue weighted by molar-refractivity contribution is 6.30. The van der Waals surface area contributed by atoms with E-state index in [0.29, 0.717) is 27.3 Å². The number of aliphatic hydroxyl groups is 1. The van der Waals surface area contributed by atoms with E-state index in [0.717, 1.165) is 11.1 Å². The fourth-order valence-electron chi connectivity index (χ4n) is 3.02. The van der Waals surface area contributed by atoms with Gasteiger partial charge in [-0.25, -0.2) is 9.97 Å². The highest BCUT2D eigenvalue weighted by Gasteiger charge is 2.16. The molecule has 3 heterocycles. The number of nitrogens with zero attached hydrogens (tertiary/aromatic N) is 4. The molecule has 0 bridgehead atoms. The zero-order chi connectivity index (χ0) is 19.7. The summed E-state index contributed by atoms with van der Waals surface area (Å²) in [6.07, 6.45) is 4.82. The molecule has 7 heteroatoms. The number of halogens is 1. The van der Waals surface area contributed by atoms with Crippen molar-refractivity contribution in [2.24, 2.45) is 0 Å². The van der Waals surface area contributed by atoms with E-state index in [1.165, 1.54) is 10.9 Å². The molecule has 1 unspecified atom stereocenters. The van der Waals surface area contributed by atoms with Gasteiger partial charge >= 0.3 is 0 Å². The average molecular weight is 393 g/mol. The van der Waals surface area contributed by atoms with Gasteiger partial charge in [0.2, 0.25) is 0 Å². The molecular formula is C21H17ClN4O2. The Morgan fingerprint density at radius 2 is 1.96 bits per heavy atom. The highest BCUT2D eigenvalue weighted by Crippen LogP contribution is 2.29. The minimum absolute atomic E-state index is 0.155. The fraction of sp³-hybridized carbons (Fsp3) is 0.143. The fourth-order valence-corrected chi connectivity index (χ4v) is 3.14. The van der Waals surface area contributed by atoms with E-state index in [4.69, 9.17) is 16.6 Å². The predicted octanol–water partition coefficient (Wildman–Crippen LogP) is 3.73. The van der Waals surface area contributed by atoms with E-state index >= 15 is 0 Å². The molecule has 0 spiro atoms. The first-order chi connectivity index (χ1) is 13.6. The molecule has 4 aromatic rings. The number of hydrogen-bond acceptors (Lipinski definition) is 5. The zero-order valence-corrected chi connectivity index (χ0v) is 15.8. The number of aliphatic hydroxyl groups excluding tert-OH is 1. The number of hydrogen-bond donors (Lipinski definition) is 1. The highest BCUT2D eigenvalue weighted by atomic mass is 35.5. The zero-order valence-electron chi connectivity index (χ0n) is 15.1. The molecule has 3 aromatic heterocycles. The van der Waals surface area contributed by atoms with E-state index in [9.17, 15) is 9.90 Å². The summed E-state index contributed by atoms with van der Waals surface area (Å²) in [6.45, 7) is 1.61. The second-order valence-electron chi connectivity index (χ2n) is 6.49. The Morgan fingerprint density at radius 3 is 2.64 bits per heavy atom. The van der Waals surface area contributed by atoms with Gasteiger partial charge in [-0.15, -0.1) is 0 Å². The number of aromatic nitrogens is 4. The van der Waals surface area contributed by atoms with Crippen molar-refractivity contribution in [2.75, 3.05) is 6.61 Å². The summed E-state index contributed by atoms with van der Waals surface area (Å²) in [6, 6.07) is 12.3. The smallest absolute Gasteiger partial charge is 0.261 e. The van der Waals surface area contributed by atoms with Crippen molar-refractivity contribution in [2.45, 2.75) is 13.0 Å². The van der Waals surface area contributed by atoms with Gasteiger partial charge in [0.1, 0.15) is 5.52 Å². The molecule has 0 aliphatic rings. The van der Waals surface area contributed by atoms with Gasteiger partial charge in [-0.3, -0.25) is 14.3 Å². The van der Waals surface area contributed by atoms with Gasteiger partial charge in [-0.05, 0) is 37.3 Å². The summed E-state index contributed by atoms with van der Waals surface area (Å²) in [5.41, 5.74) is 3.09. The van der Waals surface area contributed by atoms with Crippen LogP contribution >= 0.6 is 11.6 Å². The molecular weight excluding hydrogens is 376 g/mol. The van der Waals surface area contributed by atoms with Crippen molar-refractivity contribution in [1.82, 2.24) is 19.5 Å².